The number of hydrogen-bond acceptors (Lipinski definition) is 2. The number of amides is 1. The van der Waals surface area contributed by atoms with E-state index >= 15 is 0 Å². The van der Waals surface area contributed by atoms with Crippen molar-refractivity contribution in [1.29, 1.82) is 0 Å². The van der Waals surface area contributed by atoms with Gasteiger partial charge in [0.25, 0.3) is 0 Å². The van der Waals surface area contributed by atoms with E-state index < -0.39 is 6.10 Å². The smallest absolute Gasteiger partial charge is 0.221 e. The molecule has 0 aliphatic carbocycles. The Labute approximate surface area is 118 Å². The van der Waals surface area contributed by atoms with Gasteiger partial charge in [-0.1, -0.05) is 36.3 Å². The first-order chi connectivity index (χ1) is 9.69. The molecule has 0 aliphatic rings. The Morgan fingerprint density at radius 1 is 1.15 bits per heavy atom. The maximum absolute atomic E-state index is 10.9. The molecule has 0 aliphatic heterocycles. The van der Waals surface area contributed by atoms with Crippen LogP contribution < -0.4 is 10.1 Å². The second kappa shape index (κ2) is 6.44. The van der Waals surface area contributed by atoms with Crippen LogP contribution in [0.2, 0.25) is 0 Å². The normalized spacial score (nSPS) is 11.2. The van der Waals surface area contributed by atoms with Crippen molar-refractivity contribution in [3.05, 3.63) is 60.2 Å². The average molecular weight is 265 g/mol. The lowest BCUT2D eigenvalue weighted by Crippen LogP contribution is -2.06. The van der Waals surface area contributed by atoms with Crippen molar-refractivity contribution in [2.75, 3.05) is 5.32 Å². The number of hydrogen-bond donors (Lipinski definition) is 1. The van der Waals surface area contributed by atoms with Gasteiger partial charge in [-0.2, -0.15) is 0 Å². The molecule has 100 valence electrons. The second-order valence-electron chi connectivity index (χ2n) is 4.28. The minimum atomic E-state index is -0.428. The molecule has 0 aromatic heterocycles. The summed E-state index contributed by atoms with van der Waals surface area (Å²) >= 11 is 0. The Morgan fingerprint density at radius 3 is 2.35 bits per heavy atom. The predicted octanol–water partition coefficient (Wildman–Crippen LogP) is 3.40. The number of anilines is 1. The van der Waals surface area contributed by atoms with E-state index in [1.165, 1.54) is 6.92 Å². The monoisotopic (exact) mass is 265 g/mol. The van der Waals surface area contributed by atoms with E-state index in [-0.39, 0.29) is 5.91 Å². The number of carbonyl (C=O) groups excluding carboxylic acids is 1. The van der Waals surface area contributed by atoms with Crippen LogP contribution in [0, 0.1) is 12.3 Å². The molecule has 0 fully saturated rings. The molecule has 1 N–H and O–H groups in total. The molecule has 2 aromatic carbocycles. The Morgan fingerprint density at radius 2 is 1.80 bits per heavy atom. The van der Waals surface area contributed by atoms with Gasteiger partial charge in [-0.05, 0) is 24.3 Å². The highest BCUT2D eigenvalue weighted by Crippen LogP contribution is 2.23. The van der Waals surface area contributed by atoms with Crippen molar-refractivity contribution < 1.29 is 9.53 Å². The largest absolute Gasteiger partial charge is 0.473 e. The van der Waals surface area contributed by atoms with Crippen LogP contribution in [0.25, 0.3) is 0 Å². The summed E-state index contributed by atoms with van der Waals surface area (Å²) in [5, 5.41) is 2.70. The van der Waals surface area contributed by atoms with Crippen molar-refractivity contribution in [3.63, 3.8) is 0 Å². The molecule has 1 atom stereocenters. The first-order valence-corrected chi connectivity index (χ1v) is 6.24. The molecular formula is C17H15NO2. The highest BCUT2D eigenvalue weighted by Gasteiger charge is 2.09. The molecule has 2 aromatic rings. The van der Waals surface area contributed by atoms with Crippen molar-refractivity contribution >= 4 is 11.6 Å². The lowest BCUT2D eigenvalue weighted by Gasteiger charge is -2.14. The zero-order valence-electron chi connectivity index (χ0n) is 11.2. The standard InChI is InChI=1S/C17H15NO2/c1-3-17(14-7-5-4-6-8-14)20-16-11-9-15(10-12-16)18-13(2)19/h1,4-12,17H,2H3,(H,18,19)/t17-/m1/s1. The molecule has 20 heavy (non-hydrogen) atoms. The Hall–Kier alpha value is -2.73. The van der Waals surface area contributed by atoms with Gasteiger partial charge in [0, 0.05) is 18.2 Å². The maximum atomic E-state index is 10.9. The lowest BCUT2D eigenvalue weighted by atomic mass is 10.1. The van der Waals surface area contributed by atoms with Crippen molar-refractivity contribution in [1.82, 2.24) is 0 Å². The highest BCUT2D eigenvalue weighted by atomic mass is 16.5. The van der Waals surface area contributed by atoms with Gasteiger partial charge in [0.05, 0.1) is 0 Å². The predicted molar refractivity (Wildman–Crippen MR) is 79.4 cm³/mol. The minimum Gasteiger partial charge on any atom is -0.473 e. The molecule has 3 heteroatoms. The van der Waals surface area contributed by atoms with E-state index in [1.807, 2.05) is 30.3 Å². The van der Waals surface area contributed by atoms with Gasteiger partial charge in [-0.25, -0.2) is 0 Å². The van der Waals surface area contributed by atoms with Gasteiger partial charge in [-0.3, -0.25) is 4.79 Å². The number of nitrogens with one attached hydrogen (secondary N) is 1. The number of terminal acetylenes is 1. The third-order valence-corrected chi connectivity index (χ3v) is 2.68. The summed E-state index contributed by atoms with van der Waals surface area (Å²) in [6.07, 6.45) is 5.09. The average Bonchev–Trinajstić information content (AvgIpc) is 2.47. The Balaban J connectivity index is 2.09. The van der Waals surface area contributed by atoms with Crippen molar-refractivity contribution in [2.24, 2.45) is 0 Å². The molecule has 0 bridgehead atoms. The zero-order valence-corrected chi connectivity index (χ0v) is 11.2. The van der Waals surface area contributed by atoms with Gasteiger partial charge in [0.1, 0.15) is 5.75 Å². The number of carbonyl (C=O) groups is 1. The first kappa shape index (κ1) is 13.7. The molecular weight excluding hydrogens is 250 g/mol. The molecule has 0 heterocycles. The van der Waals surface area contributed by atoms with Gasteiger partial charge in [0.2, 0.25) is 5.91 Å². The summed E-state index contributed by atoms with van der Waals surface area (Å²) < 4.78 is 5.76. The fraction of sp³-hybridized carbons (Fsp3) is 0.118. The molecule has 0 radical (unpaired) electrons. The highest BCUT2D eigenvalue weighted by molar-refractivity contribution is 5.88. The van der Waals surface area contributed by atoms with E-state index in [0.717, 1.165) is 11.3 Å². The number of ether oxygens (including phenoxy) is 1. The summed E-state index contributed by atoms with van der Waals surface area (Å²) in [5.41, 5.74) is 1.66. The molecule has 2 rings (SSSR count). The van der Waals surface area contributed by atoms with E-state index in [0.29, 0.717) is 5.75 Å². The van der Waals surface area contributed by atoms with Crippen LogP contribution in [0.5, 0.6) is 5.75 Å². The quantitative estimate of drug-likeness (QED) is 0.860. The first-order valence-electron chi connectivity index (χ1n) is 6.24. The van der Waals surface area contributed by atoms with Gasteiger partial charge in [0.15, 0.2) is 6.10 Å². The summed E-state index contributed by atoms with van der Waals surface area (Å²) in [5.74, 6) is 3.17. The van der Waals surface area contributed by atoms with Crippen LogP contribution in [0.4, 0.5) is 5.69 Å². The van der Waals surface area contributed by atoms with Crippen LogP contribution in [-0.4, -0.2) is 5.91 Å². The van der Waals surface area contributed by atoms with Gasteiger partial charge < -0.3 is 10.1 Å². The van der Waals surface area contributed by atoms with Crippen molar-refractivity contribution in [2.45, 2.75) is 13.0 Å². The van der Waals surface area contributed by atoms with E-state index in [1.54, 1.807) is 24.3 Å². The summed E-state index contributed by atoms with van der Waals surface area (Å²) in [6.45, 7) is 1.47. The van der Waals surface area contributed by atoms with E-state index in [4.69, 9.17) is 11.2 Å². The van der Waals surface area contributed by atoms with E-state index in [2.05, 4.69) is 11.2 Å². The zero-order chi connectivity index (χ0) is 14.4. The van der Waals surface area contributed by atoms with Gasteiger partial charge >= 0.3 is 0 Å². The fourth-order valence-corrected chi connectivity index (χ4v) is 1.78. The summed E-state index contributed by atoms with van der Waals surface area (Å²) in [4.78, 5) is 10.9. The van der Waals surface area contributed by atoms with E-state index in [9.17, 15) is 4.79 Å². The summed E-state index contributed by atoms with van der Waals surface area (Å²) in [6, 6.07) is 16.7. The molecule has 3 nitrogen and oxygen atoms in total. The Bertz CT molecular complexity index is 612. The third kappa shape index (κ3) is 3.63. The van der Waals surface area contributed by atoms with Crippen molar-refractivity contribution in [3.8, 4) is 18.1 Å². The van der Waals surface area contributed by atoms with Gasteiger partial charge in [-0.15, -0.1) is 6.42 Å². The Kier molecular flexibility index (Phi) is 4.41. The molecule has 0 saturated carbocycles. The lowest BCUT2D eigenvalue weighted by molar-refractivity contribution is -0.114. The maximum Gasteiger partial charge on any atom is 0.221 e. The van der Waals surface area contributed by atoms with Crippen LogP contribution in [-0.2, 0) is 4.79 Å². The molecule has 0 unspecified atom stereocenters. The molecule has 0 spiro atoms. The SMILES string of the molecule is C#C[C@@H](Oc1ccc(NC(C)=O)cc1)c1ccccc1. The van der Waals surface area contributed by atoms with Crippen LogP contribution in [0.3, 0.4) is 0 Å². The van der Waals surface area contributed by atoms with Crippen LogP contribution >= 0.6 is 0 Å². The third-order valence-electron chi connectivity index (χ3n) is 2.68. The second-order valence-corrected chi connectivity index (χ2v) is 4.28. The van der Waals surface area contributed by atoms with Crippen LogP contribution in [0.15, 0.2) is 54.6 Å². The molecule has 1 amide bonds. The number of rotatable bonds is 4. The minimum absolute atomic E-state index is 0.107. The summed E-state index contributed by atoms with van der Waals surface area (Å²) in [7, 11) is 0. The topological polar surface area (TPSA) is 38.3 Å². The fourth-order valence-electron chi connectivity index (χ4n) is 1.78. The molecule has 0 saturated heterocycles. The van der Waals surface area contributed by atoms with Crippen LogP contribution in [0.1, 0.15) is 18.6 Å². The number of benzene rings is 2.